The lowest BCUT2D eigenvalue weighted by Gasteiger charge is -2.18. The third-order valence-corrected chi connectivity index (χ3v) is 4.85. The van der Waals surface area contributed by atoms with E-state index in [1.807, 2.05) is 18.2 Å². The molecule has 24 heavy (non-hydrogen) atoms. The number of rotatable bonds is 5. The lowest BCUT2D eigenvalue weighted by atomic mass is 9.95. The van der Waals surface area contributed by atoms with Gasteiger partial charge in [-0.2, -0.15) is 0 Å². The molecule has 0 unspecified atom stereocenters. The molecule has 0 bridgehead atoms. The van der Waals surface area contributed by atoms with Crippen LogP contribution in [0.25, 0.3) is 0 Å². The van der Waals surface area contributed by atoms with Crippen LogP contribution in [0, 0.1) is 0 Å². The third kappa shape index (κ3) is 3.51. The van der Waals surface area contributed by atoms with Crippen molar-refractivity contribution in [3.63, 3.8) is 0 Å². The Morgan fingerprint density at radius 3 is 2.54 bits per heavy atom. The summed E-state index contributed by atoms with van der Waals surface area (Å²) in [6.45, 7) is 2.60. The smallest absolute Gasteiger partial charge is 0.179 e. The van der Waals surface area contributed by atoms with E-state index in [9.17, 15) is 0 Å². The Morgan fingerprint density at radius 2 is 1.88 bits per heavy atom. The van der Waals surface area contributed by atoms with Crippen LogP contribution in [0.15, 0.2) is 42.5 Å². The summed E-state index contributed by atoms with van der Waals surface area (Å²) in [6, 6.07) is 14.5. The van der Waals surface area contributed by atoms with E-state index in [1.165, 1.54) is 5.56 Å². The summed E-state index contributed by atoms with van der Waals surface area (Å²) >= 11 is 6.30. The van der Waals surface area contributed by atoms with Crippen molar-refractivity contribution in [1.82, 2.24) is 4.90 Å². The summed E-state index contributed by atoms with van der Waals surface area (Å²) in [7, 11) is 3.21. The zero-order valence-electron chi connectivity index (χ0n) is 14.0. The SMILES string of the molecule is COc1cc(CN2C[C@@H](N)[C@H](c3ccccc3)C2)cc(Cl)c1OC. The molecule has 2 aromatic carbocycles. The van der Waals surface area contributed by atoms with Gasteiger partial charge in [-0.3, -0.25) is 4.90 Å². The second kappa shape index (κ2) is 7.43. The molecule has 1 aliphatic rings. The number of likely N-dealkylation sites (tertiary alicyclic amines) is 1. The van der Waals surface area contributed by atoms with Gasteiger partial charge in [-0.15, -0.1) is 0 Å². The first kappa shape index (κ1) is 17.1. The monoisotopic (exact) mass is 346 g/mol. The molecule has 2 aromatic rings. The van der Waals surface area contributed by atoms with Crippen molar-refractivity contribution in [2.24, 2.45) is 5.73 Å². The molecule has 0 saturated carbocycles. The minimum Gasteiger partial charge on any atom is -0.493 e. The maximum absolute atomic E-state index is 6.37. The molecule has 4 nitrogen and oxygen atoms in total. The second-order valence-corrected chi connectivity index (χ2v) is 6.60. The van der Waals surface area contributed by atoms with E-state index in [0.29, 0.717) is 22.4 Å². The average Bonchev–Trinajstić information content (AvgIpc) is 2.95. The zero-order chi connectivity index (χ0) is 17.1. The van der Waals surface area contributed by atoms with E-state index in [0.717, 1.165) is 25.2 Å². The van der Waals surface area contributed by atoms with Gasteiger partial charge < -0.3 is 15.2 Å². The highest BCUT2D eigenvalue weighted by Gasteiger charge is 2.31. The first-order chi connectivity index (χ1) is 11.6. The maximum Gasteiger partial charge on any atom is 0.179 e. The molecule has 5 heteroatoms. The van der Waals surface area contributed by atoms with Crippen LogP contribution in [-0.2, 0) is 6.54 Å². The minimum atomic E-state index is 0.142. The summed E-state index contributed by atoms with van der Waals surface area (Å²) in [5.74, 6) is 1.59. The predicted molar refractivity (Wildman–Crippen MR) is 97.0 cm³/mol. The van der Waals surface area contributed by atoms with Crippen molar-refractivity contribution in [1.29, 1.82) is 0 Å². The van der Waals surface area contributed by atoms with Gasteiger partial charge in [0, 0.05) is 31.6 Å². The third-order valence-electron chi connectivity index (χ3n) is 4.57. The van der Waals surface area contributed by atoms with E-state index in [4.69, 9.17) is 26.8 Å². The molecule has 3 rings (SSSR count). The number of hydrogen-bond acceptors (Lipinski definition) is 4. The Bertz CT molecular complexity index is 693. The van der Waals surface area contributed by atoms with Crippen molar-refractivity contribution in [3.05, 3.63) is 58.6 Å². The van der Waals surface area contributed by atoms with E-state index >= 15 is 0 Å². The van der Waals surface area contributed by atoms with Crippen LogP contribution in [0.3, 0.4) is 0 Å². The van der Waals surface area contributed by atoms with Crippen LogP contribution in [0.5, 0.6) is 11.5 Å². The van der Waals surface area contributed by atoms with Crippen LogP contribution >= 0.6 is 11.6 Å². The molecule has 1 saturated heterocycles. The summed E-state index contributed by atoms with van der Waals surface area (Å²) in [4.78, 5) is 2.36. The molecule has 0 aromatic heterocycles. The number of halogens is 1. The number of benzene rings is 2. The van der Waals surface area contributed by atoms with E-state index in [2.05, 4.69) is 29.2 Å². The molecule has 0 aliphatic carbocycles. The van der Waals surface area contributed by atoms with Gasteiger partial charge in [0.15, 0.2) is 11.5 Å². The van der Waals surface area contributed by atoms with Crippen LogP contribution in [0.1, 0.15) is 17.0 Å². The normalized spacial score (nSPS) is 21.0. The van der Waals surface area contributed by atoms with Crippen LogP contribution in [-0.4, -0.2) is 38.3 Å². The number of ether oxygens (including phenoxy) is 2. The molecular formula is C19H23ClN2O2. The molecule has 0 spiro atoms. The number of hydrogen-bond donors (Lipinski definition) is 1. The summed E-state index contributed by atoms with van der Waals surface area (Å²) in [5.41, 5.74) is 8.77. The second-order valence-electron chi connectivity index (χ2n) is 6.19. The zero-order valence-corrected chi connectivity index (χ0v) is 14.8. The average molecular weight is 347 g/mol. The van der Waals surface area contributed by atoms with Crippen molar-refractivity contribution in [2.75, 3.05) is 27.3 Å². The maximum atomic E-state index is 6.37. The highest BCUT2D eigenvalue weighted by Crippen LogP contribution is 2.37. The van der Waals surface area contributed by atoms with Crippen LogP contribution in [0.2, 0.25) is 5.02 Å². The lowest BCUT2D eigenvalue weighted by molar-refractivity contribution is 0.321. The summed E-state index contributed by atoms with van der Waals surface area (Å²) in [5, 5.41) is 0.565. The van der Waals surface area contributed by atoms with Crippen molar-refractivity contribution < 1.29 is 9.47 Å². The fourth-order valence-electron chi connectivity index (χ4n) is 3.42. The number of methoxy groups -OCH3 is 2. The number of nitrogens with two attached hydrogens (primary N) is 1. The predicted octanol–water partition coefficient (Wildman–Crippen LogP) is 3.28. The Balaban J connectivity index is 1.74. The molecule has 1 heterocycles. The number of nitrogens with zero attached hydrogens (tertiary/aromatic N) is 1. The topological polar surface area (TPSA) is 47.7 Å². The molecular weight excluding hydrogens is 324 g/mol. The van der Waals surface area contributed by atoms with E-state index in [1.54, 1.807) is 14.2 Å². The Hall–Kier alpha value is -1.75. The Morgan fingerprint density at radius 1 is 1.12 bits per heavy atom. The van der Waals surface area contributed by atoms with Gasteiger partial charge in [0.1, 0.15) is 0 Å². The highest BCUT2D eigenvalue weighted by atomic mass is 35.5. The molecule has 2 N–H and O–H groups in total. The van der Waals surface area contributed by atoms with Gasteiger partial charge in [0.2, 0.25) is 0 Å². The fourth-order valence-corrected chi connectivity index (χ4v) is 3.73. The van der Waals surface area contributed by atoms with Gasteiger partial charge in [-0.1, -0.05) is 41.9 Å². The fraction of sp³-hybridized carbons (Fsp3) is 0.368. The van der Waals surface area contributed by atoms with Gasteiger partial charge in [0.05, 0.1) is 19.2 Å². The minimum absolute atomic E-state index is 0.142. The first-order valence-corrected chi connectivity index (χ1v) is 8.43. The summed E-state index contributed by atoms with van der Waals surface area (Å²) < 4.78 is 10.7. The quantitative estimate of drug-likeness (QED) is 0.902. The van der Waals surface area contributed by atoms with Crippen LogP contribution < -0.4 is 15.2 Å². The Kier molecular flexibility index (Phi) is 5.29. The lowest BCUT2D eigenvalue weighted by Crippen LogP contribution is -2.28. The molecule has 1 aliphatic heterocycles. The molecule has 1 fully saturated rings. The van der Waals surface area contributed by atoms with E-state index in [-0.39, 0.29) is 6.04 Å². The Labute approximate surface area is 148 Å². The standard InChI is InChI=1S/C19H23ClN2O2/c1-23-18-9-13(8-16(20)19(18)24-2)10-22-11-15(17(21)12-22)14-6-4-3-5-7-14/h3-9,15,17H,10-12,21H2,1-2H3/t15-,17+/m0/s1. The highest BCUT2D eigenvalue weighted by molar-refractivity contribution is 6.32. The van der Waals surface area contributed by atoms with E-state index < -0.39 is 0 Å². The molecule has 2 atom stereocenters. The van der Waals surface area contributed by atoms with Crippen molar-refractivity contribution >= 4 is 11.6 Å². The van der Waals surface area contributed by atoms with Crippen molar-refractivity contribution in [3.8, 4) is 11.5 Å². The largest absolute Gasteiger partial charge is 0.493 e. The molecule has 0 radical (unpaired) electrons. The summed E-state index contributed by atoms with van der Waals surface area (Å²) in [6.07, 6.45) is 0. The van der Waals surface area contributed by atoms with Gasteiger partial charge in [0.25, 0.3) is 0 Å². The molecule has 128 valence electrons. The van der Waals surface area contributed by atoms with Gasteiger partial charge >= 0.3 is 0 Å². The van der Waals surface area contributed by atoms with Gasteiger partial charge in [-0.05, 0) is 23.3 Å². The van der Waals surface area contributed by atoms with Crippen molar-refractivity contribution in [2.45, 2.75) is 18.5 Å². The van der Waals surface area contributed by atoms with Gasteiger partial charge in [-0.25, -0.2) is 0 Å². The first-order valence-electron chi connectivity index (χ1n) is 8.05. The van der Waals surface area contributed by atoms with Crippen LogP contribution in [0.4, 0.5) is 0 Å². The molecule has 0 amide bonds.